The molecule has 1 heterocycles. The molecule has 0 amide bonds. The molecule has 0 aliphatic heterocycles. The van der Waals surface area contributed by atoms with Gasteiger partial charge in [-0.05, 0) is 38.3 Å². The van der Waals surface area contributed by atoms with Crippen molar-refractivity contribution in [2.75, 3.05) is 0 Å². The van der Waals surface area contributed by atoms with Gasteiger partial charge in [-0.1, -0.05) is 6.07 Å². The average molecular weight is 274 g/mol. The van der Waals surface area contributed by atoms with Crippen LogP contribution in [0.5, 0.6) is 0 Å². The van der Waals surface area contributed by atoms with Gasteiger partial charge in [0.1, 0.15) is 0 Å². The van der Waals surface area contributed by atoms with Crippen LogP contribution in [0.4, 0.5) is 0 Å². The maximum absolute atomic E-state index is 12.2. The molecule has 1 aliphatic rings. The van der Waals surface area contributed by atoms with Crippen molar-refractivity contribution in [1.29, 1.82) is 0 Å². The van der Waals surface area contributed by atoms with Crippen molar-refractivity contribution >= 4 is 17.0 Å². The van der Waals surface area contributed by atoms with Crippen LogP contribution in [0.1, 0.15) is 36.5 Å². The number of H-pyrrole nitrogens is 1. The normalized spacial score (nSPS) is 16.9. The Morgan fingerprint density at radius 2 is 2.05 bits per heavy atom. The highest BCUT2D eigenvalue weighted by Crippen LogP contribution is 2.39. The Bertz CT molecular complexity index is 827. The van der Waals surface area contributed by atoms with Crippen molar-refractivity contribution in [2.45, 2.75) is 31.7 Å². The molecular weight excluding hydrogens is 260 g/mol. The fourth-order valence-electron chi connectivity index (χ4n) is 2.86. The number of nitrogens with one attached hydrogen (secondary N) is 1. The SMILES string of the molecule is CC1(n2c(=O)c(=O)[nH]c3c(C(=O)O)cccc32)CCC1. The van der Waals surface area contributed by atoms with Crippen LogP contribution in [0, 0.1) is 0 Å². The minimum Gasteiger partial charge on any atom is -0.478 e. The number of fused-ring (bicyclic) bond motifs is 1. The molecule has 3 rings (SSSR count). The van der Waals surface area contributed by atoms with Gasteiger partial charge in [-0.25, -0.2) is 4.79 Å². The number of aromatic carboxylic acids is 1. The summed E-state index contributed by atoms with van der Waals surface area (Å²) in [5, 5.41) is 9.20. The second-order valence-electron chi connectivity index (χ2n) is 5.45. The lowest BCUT2D eigenvalue weighted by Gasteiger charge is -2.40. The highest BCUT2D eigenvalue weighted by molar-refractivity contribution is 6.00. The van der Waals surface area contributed by atoms with E-state index in [0.717, 1.165) is 19.3 Å². The molecule has 0 atom stereocenters. The van der Waals surface area contributed by atoms with Crippen LogP contribution in [0.3, 0.4) is 0 Å². The van der Waals surface area contributed by atoms with Gasteiger partial charge >= 0.3 is 17.1 Å². The van der Waals surface area contributed by atoms with Gasteiger partial charge in [-0.15, -0.1) is 0 Å². The highest BCUT2D eigenvalue weighted by atomic mass is 16.4. The number of carbonyl (C=O) groups is 1. The lowest BCUT2D eigenvalue weighted by molar-refractivity contribution is 0.0698. The number of carboxylic acid groups (broad SMARTS) is 1. The predicted molar refractivity (Wildman–Crippen MR) is 73.3 cm³/mol. The van der Waals surface area contributed by atoms with E-state index in [1.54, 1.807) is 12.1 Å². The average Bonchev–Trinajstić information content (AvgIpc) is 2.37. The summed E-state index contributed by atoms with van der Waals surface area (Å²) < 4.78 is 1.46. The van der Waals surface area contributed by atoms with Gasteiger partial charge in [-0.3, -0.25) is 14.2 Å². The standard InChI is InChI=1S/C14H14N2O4/c1-14(6-3-7-14)16-9-5-2-4-8(13(19)20)10(9)15-11(17)12(16)18/h2,4-5H,3,6-7H2,1H3,(H,15,17)(H,19,20). The molecular formula is C14H14N2O4. The van der Waals surface area contributed by atoms with Crippen molar-refractivity contribution in [2.24, 2.45) is 0 Å². The first kappa shape index (κ1) is 12.7. The molecule has 0 bridgehead atoms. The lowest BCUT2D eigenvalue weighted by atomic mass is 9.78. The third-order valence-corrected chi connectivity index (χ3v) is 4.12. The smallest absolute Gasteiger partial charge is 0.337 e. The summed E-state index contributed by atoms with van der Waals surface area (Å²) in [5.41, 5.74) is -1.13. The molecule has 104 valence electrons. The molecule has 1 aromatic heterocycles. The molecule has 1 saturated carbocycles. The summed E-state index contributed by atoms with van der Waals surface area (Å²) in [6, 6.07) is 4.67. The van der Waals surface area contributed by atoms with Crippen molar-refractivity contribution < 1.29 is 9.90 Å². The van der Waals surface area contributed by atoms with Gasteiger partial charge in [0.05, 0.1) is 16.6 Å². The number of hydrogen-bond acceptors (Lipinski definition) is 3. The van der Waals surface area contributed by atoms with Gasteiger partial charge in [0, 0.05) is 5.54 Å². The number of aromatic nitrogens is 2. The van der Waals surface area contributed by atoms with E-state index in [9.17, 15) is 19.5 Å². The van der Waals surface area contributed by atoms with Crippen LogP contribution in [-0.4, -0.2) is 20.6 Å². The predicted octanol–water partition coefficient (Wildman–Crippen LogP) is 1.29. The molecule has 6 nitrogen and oxygen atoms in total. The highest BCUT2D eigenvalue weighted by Gasteiger charge is 2.36. The second kappa shape index (κ2) is 4.06. The number of rotatable bonds is 2. The minimum atomic E-state index is -1.13. The van der Waals surface area contributed by atoms with Crippen LogP contribution in [0.25, 0.3) is 11.0 Å². The topological polar surface area (TPSA) is 92.2 Å². The van der Waals surface area contributed by atoms with Crippen molar-refractivity contribution in [3.63, 3.8) is 0 Å². The van der Waals surface area contributed by atoms with E-state index in [1.807, 2.05) is 6.92 Å². The van der Waals surface area contributed by atoms with Crippen molar-refractivity contribution in [3.05, 3.63) is 44.5 Å². The molecule has 20 heavy (non-hydrogen) atoms. The van der Waals surface area contributed by atoms with Gasteiger partial charge in [0.2, 0.25) is 0 Å². The Morgan fingerprint density at radius 1 is 1.35 bits per heavy atom. The fourth-order valence-corrected chi connectivity index (χ4v) is 2.86. The van der Waals surface area contributed by atoms with Crippen molar-refractivity contribution in [1.82, 2.24) is 9.55 Å². The summed E-state index contributed by atoms with van der Waals surface area (Å²) in [5.74, 6) is -1.13. The van der Waals surface area contributed by atoms with E-state index in [2.05, 4.69) is 4.98 Å². The summed E-state index contributed by atoms with van der Waals surface area (Å²) in [7, 11) is 0. The van der Waals surface area contributed by atoms with Crippen molar-refractivity contribution in [3.8, 4) is 0 Å². The zero-order valence-electron chi connectivity index (χ0n) is 11.0. The number of para-hydroxylation sites is 1. The van der Waals surface area contributed by atoms with Gasteiger partial charge < -0.3 is 10.1 Å². The van der Waals surface area contributed by atoms with Crippen LogP contribution in [0.15, 0.2) is 27.8 Å². The molecule has 0 spiro atoms. The van der Waals surface area contributed by atoms with E-state index in [4.69, 9.17) is 0 Å². The lowest BCUT2D eigenvalue weighted by Crippen LogP contribution is -2.49. The largest absolute Gasteiger partial charge is 0.478 e. The maximum atomic E-state index is 12.2. The molecule has 0 saturated heterocycles. The Labute approximate surface area is 113 Å². The van der Waals surface area contributed by atoms with E-state index in [0.29, 0.717) is 5.52 Å². The molecule has 2 aromatic rings. The molecule has 1 aliphatic carbocycles. The third kappa shape index (κ3) is 1.61. The quantitative estimate of drug-likeness (QED) is 0.807. The van der Waals surface area contributed by atoms with E-state index in [-0.39, 0.29) is 11.1 Å². The van der Waals surface area contributed by atoms with Crippen LogP contribution >= 0.6 is 0 Å². The Morgan fingerprint density at radius 3 is 2.60 bits per heavy atom. The Kier molecular flexibility index (Phi) is 2.57. The second-order valence-corrected chi connectivity index (χ2v) is 5.45. The molecule has 0 unspecified atom stereocenters. The number of nitrogens with zero attached hydrogens (tertiary/aromatic N) is 1. The van der Waals surface area contributed by atoms with E-state index >= 15 is 0 Å². The number of carboxylic acids is 1. The Hall–Kier alpha value is -2.37. The van der Waals surface area contributed by atoms with E-state index < -0.39 is 22.6 Å². The molecule has 1 fully saturated rings. The fraction of sp³-hybridized carbons (Fsp3) is 0.357. The van der Waals surface area contributed by atoms with Gasteiger partial charge in [0.15, 0.2) is 0 Å². The molecule has 6 heteroatoms. The summed E-state index contributed by atoms with van der Waals surface area (Å²) in [6.07, 6.45) is 2.61. The summed E-state index contributed by atoms with van der Waals surface area (Å²) >= 11 is 0. The molecule has 0 radical (unpaired) electrons. The summed E-state index contributed by atoms with van der Waals surface area (Å²) in [6.45, 7) is 1.92. The van der Waals surface area contributed by atoms with Gasteiger partial charge in [0.25, 0.3) is 0 Å². The van der Waals surface area contributed by atoms with Crippen LogP contribution in [-0.2, 0) is 5.54 Å². The molecule has 2 N–H and O–H groups in total. The van der Waals surface area contributed by atoms with E-state index in [1.165, 1.54) is 10.6 Å². The third-order valence-electron chi connectivity index (χ3n) is 4.12. The number of benzene rings is 1. The first-order valence-corrected chi connectivity index (χ1v) is 6.46. The van der Waals surface area contributed by atoms with Gasteiger partial charge in [-0.2, -0.15) is 0 Å². The first-order valence-electron chi connectivity index (χ1n) is 6.46. The maximum Gasteiger partial charge on any atom is 0.337 e. The van der Waals surface area contributed by atoms with Crippen LogP contribution in [0.2, 0.25) is 0 Å². The molecule has 1 aromatic carbocycles. The monoisotopic (exact) mass is 274 g/mol. The van der Waals surface area contributed by atoms with Crippen LogP contribution < -0.4 is 11.1 Å². The summed E-state index contributed by atoms with van der Waals surface area (Å²) in [4.78, 5) is 37.7. The Balaban J connectivity index is 2.48. The zero-order chi connectivity index (χ0) is 14.5. The number of hydrogen-bond donors (Lipinski definition) is 2. The zero-order valence-corrected chi connectivity index (χ0v) is 11.0. The minimum absolute atomic E-state index is 0.00345. The number of aromatic amines is 1. The first-order chi connectivity index (χ1) is 9.44.